The highest BCUT2D eigenvalue weighted by Gasteiger charge is 2.21. The first-order valence-corrected chi connectivity index (χ1v) is 7.35. The second-order valence-electron chi connectivity index (χ2n) is 5.99. The molecule has 1 fully saturated rings. The van der Waals surface area contributed by atoms with Crippen LogP contribution in [0.4, 0.5) is 4.79 Å². The molecule has 1 saturated heterocycles. The highest BCUT2D eigenvalue weighted by atomic mass is 16.3. The molecule has 0 saturated carbocycles. The molecule has 0 spiro atoms. The molecule has 0 aromatic carbocycles. The van der Waals surface area contributed by atoms with Gasteiger partial charge in [-0.15, -0.1) is 0 Å². The predicted molar refractivity (Wildman–Crippen MR) is 77.1 cm³/mol. The summed E-state index contributed by atoms with van der Waals surface area (Å²) in [6.45, 7) is 9.04. The number of likely N-dealkylation sites (tertiary alicyclic amines) is 1. The van der Waals surface area contributed by atoms with E-state index in [2.05, 4.69) is 24.1 Å². The van der Waals surface area contributed by atoms with Crippen LogP contribution in [-0.2, 0) is 0 Å². The molecule has 1 heterocycles. The minimum Gasteiger partial charge on any atom is -0.395 e. The third kappa shape index (κ3) is 6.25. The van der Waals surface area contributed by atoms with E-state index in [-0.39, 0.29) is 12.6 Å². The zero-order valence-electron chi connectivity index (χ0n) is 12.6. The molecule has 19 heavy (non-hydrogen) atoms. The standard InChI is InChI=1S/C14H29N3O2/c1-12(2)10-17-6-4-5-13(11-17)9-15-14(19)16(3)7-8-18/h12-13,18H,4-11H2,1-3H3,(H,15,19). The number of nitrogens with one attached hydrogen (secondary N) is 1. The van der Waals surface area contributed by atoms with Crippen molar-refractivity contribution >= 4 is 6.03 Å². The molecular formula is C14H29N3O2. The second kappa shape index (κ2) is 8.38. The van der Waals surface area contributed by atoms with Gasteiger partial charge in [-0.3, -0.25) is 0 Å². The lowest BCUT2D eigenvalue weighted by Gasteiger charge is -2.34. The number of carbonyl (C=O) groups is 1. The molecule has 5 nitrogen and oxygen atoms in total. The van der Waals surface area contributed by atoms with Crippen molar-refractivity contribution in [1.29, 1.82) is 0 Å². The molecule has 0 aliphatic carbocycles. The van der Waals surface area contributed by atoms with Gasteiger partial charge in [-0.2, -0.15) is 0 Å². The van der Waals surface area contributed by atoms with Crippen LogP contribution in [0, 0.1) is 11.8 Å². The number of hydrogen-bond acceptors (Lipinski definition) is 3. The van der Waals surface area contributed by atoms with Crippen molar-refractivity contribution in [3.05, 3.63) is 0 Å². The Bertz CT molecular complexity index is 271. The smallest absolute Gasteiger partial charge is 0.317 e. The largest absolute Gasteiger partial charge is 0.395 e. The van der Waals surface area contributed by atoms with Gasteiger partial charge in [0.05, 0.1) is 6.61 Å². The van der Waals surface area contributed by atoms with Crippen molar-refractivity contribution in [3.63, 3.8) is 0 Å². The van der Waals surface area contributed by atoms with Gasteiger partial charge >= 0.3 is 6.03 Å². The van der Waals surface area contributed by atoms with Crippen LogP contribution < -0.4 is 5.32 Å². The lowest BCUT2D eigenvalue weighted by molar-refractivity contribution is 0.152. The zero-order valence-corrected chi connectivity index (χ0v) is 12.6. The first kappa shape index (κ1) is 16.2. The topological polar surface area (TPSA) is 55.8 Å². The van der Waals surface area contributed by atoms with Gasteiger partial charge in [0, 0.05) is 33.2 Å². The maximum Gasteiger partial charge on any atom is 0.317 e. The molecule has 0 bridgehead atoms. The lowest BCUT2D eigenvalue weighted by Crippen LogP contribution is -2.45. The summed E-state index contributed by atoms with van der Waals surface area (Å²) in [6, 6.07) is -0.0879. The minimum atomic E-state index is -0.0879. The highest BCUT2D eigenvalue weighted by Crippen LogP contribution is 2.16. The quantitative estimate of drug-likeness (QED) is 0.757. The van der Waals surface area contributed by atoms with Crippen LogP contribution in [0.3, 0.4) is 0 Å². The average molecular weight is 271 g/mol. The number of carbonyl (C=O) groups excluding carboxylic acids is 1. The molecule has 0 aromatic rings. The van der Waals surface area contributed by atoms with Gasteiger partial charge in [0.1, 0.15) is 0 Å². The SMILES string of the molecule is CC(C)CN1CCCC(CNC(=O)N(C)CCO)C1. The fraction of sp³-hybridized carbons (Fsp3) is 0.929. The van der Waals surface area contributed by atoms with Gasteiger partial charge in [0.15, 0.2) is 0 Å². The molecule has 1 unspecified atom stereocenters. The summed E-state index contributed by atoms with van der Waals surface area (Å²) in [6.07, 6.45) is 2.42. The van der Waals surface area contributed by atoms with Crippen molar-refractivity contribution in [2.45, 2.75) is 26.7 Å². The number of likely N-dealkylation sites (N-methyl/N-ethyl adjacent to an activating group) is 1. The predicted octanol–water partition coefficient (Wildman–Crippen LogP) is 0.988. The number of piperidine rings is 1. The summed E-state index contributed by atoms with van der Waals surface area (Å²) in [5, 5.41) is 11.8. The summed E-state index contributed by atoms with van der Waals surface area (Å²) in [7, 11) is 1.71. The molecule has 1 aliphatic rings. The number of aliphatic hydroxyl groups excluding tert-OH is 1. The summed E-state index contributed by atoms with van der Waals surface area (Å²) in [4.78, 5) is 15.7. The van der Waals surface area contributed by atoms with Gasteiger partial charge in [-0.25, -0.2) is 4.79 Å². The second-order valence-corrected chi connectivity index (χ2v) is 5.99. The van der Waals surface area contributed by atoms with Crippen LogP contribution in [0.2, 0.25) is 0 Å². The van der Waals surface area contributed by atoms with Crippen molar-refractivity contribution in [2.75, 3.05) is 46.4 Å². The van der Waals surface area contributed by atoms with Gasteiger partial charge < -0.3 is 20.2 Å². The lowest BCUT2D eigenvalue weighted by atomic mass is 9.97. The molecule has 1 atom stereocenters. The Morgan fingerprint density at radius 2 is 2.26 bits per heavy atom. The van der Waals surface area contributed by atoms with Gasteiger partial charge in [-0.05, 0) is 31.2 Å². The van der Waals surface area contributed by atoms with E-state index in [9.17, 15) is 4.79 Å². The Labute approximate surface area is 117 Å². The van der Waals surface area contributed by atoms with Crippen molar-refractivity contribution < 1.29 is 9.90 Å². The fourth-order valence-electron chi connectivity index (χ4n) is 2.62. The maximum atomic E-state index is 11.7. The Morgan fingerprint density at radius 1 is 1.53 bits per heavy atom. The Kier molecular flexibility index (Phi) is 7.16. The van der Waals surface area contributed by atoms with E-state index >= 15 is 0 Å². The first-order chi connectivity index (χ1) is 9.02. The molecule has 5 heteroatoms. The number of aliphatic hydroxyl groups is 1. The van der Waals surface area contributed by atoms with E-state index in [0.29, 0.717) is 18.4 Å². The molecule has 112 valence electrons. The summed E-state index contributed by atoms with van der Waals surface area (Å²) in [5.41, 5.74) is 0. The maximum absolute atomic E-state index is 11.7. The number of rotatable bonds is 6. The van der Waals surface area contributed by atoms with E-state index in [1.807, 2.05) is 0 Å². The number of urea groups is 1. The van der Waals surface area contributed by atoms with Gasteiger partial charge in [-0.1, -0.05) is 13.8 Å². The van der Waals surface area contributed by atoms with E-state index in [0.717, 1.165) is 19.6 Å². The summed E-state index contributed by atoms with van der Waals surface area (Å²) < 4.78 is 0. The first-order valence-electron chi connectivity index (χ1n) is 7.35. The van der Waals surface area contributed by atoms with Crippen LogP contribution in [0.1, 0.15) is 26.7 Å². The molecule has 0 radical (unpaired) electrons. The molecule has 1 rings (SSSR count). The van der Waals surface area contributed by atoms with E-state index in [1.165, 1.54) is 24.3 Å². The molecule has 0 aromatic heterocycles. The monoisotopic (exact) mass is 271 g/mol. The number of hydrogen-bond donors (Lipinski definition) is 2. The Hall–Kier alpha value is -0.810. The fourth-order valence-corrected chi connectivity index (χ4v) is 2.62. The third-order valence-corrected chi connectivity index (χ3v) is 3.55. The number of nitrogens with zero attached hydrogens (tertiary/aromatic N) is 2. The zero-order chi connectivity index (χ0) is 14.3. The summed E-state index contributed by atoms with van der Waals surface area (Å²) in [5.74, 6) is 1.25. The Balaban J connectivity index is 2.26. The molecule has 1 aliphatic heterocycles. The van der Waals surface area contributed by atoms with Crippen molar-refractivity contribution in [1.82, 2.24) is 15.1 Å². The number of amides is 2. The minimum absolute atomic E-state index is 0.00944. The Morgan fingerprint density at radius 3 is 2.89 bits per heavy atom. The van der Waals surface area contributed by atoms with Gasteiger partial charge in [0.2, 0.25) is 0 Å². The van der Waals surface area contributed by atoms with Crippen LogP contribution in [0.15, 0.2) is 0 Å². The van der Waals surface area contributed by atoms with Crippen molar-refractivity contribution in [3.8, 4) is 0 Å². The van der Waals surface area contributed by atoms with Crippen LogP contribution in [0.25, 0.3) is 0 Å². The summed E-state index contributed by atoms with van der Waals surface area (Å²) >= 11 is 0. The van der Waals surface area contributed by atoms with Crippen LogP contribution in [0.5, 0.6) is 0 Å². The highest BCUT2D eigenvalue weighted by molar-refractivity contribution is 5.73. The van der Waals surface area contributed by atoms with Crippen LogP contribution >= 0.6 is 0 Å². The third-order valence-electron chi connectivity index (χ3n) is 3.55. The van der Waals surface area contributed by atoms with Crippen LogP contribution in [-0.4, -0.2) is 67.3 Å². The van der Waals surface area contributed by atoms with Gasteiger partial charge in [0.25, 0.3) is 0 Å². The van der Waals surface area contributed by atoms with E-state index in [1.54, 1.807) is 7.05 Å². The molecule has 2 amide bonds. The van der Waals surface area contributed by atoms with E-state index < -0.39 is 0 Å². The molecular weight excluding hydrogens is 242 g/mol. The molecule has 2 N–H and O–H groups in total. The normalized spacial score (nSPS) is 20.6. The van der Waals surface area contributed by atoms with Crippen molar-refractivity contribution in [2.24, 2.45) is 11.8 Å². The van der Waals surface area contributed by atoms with E-state index in [4.69, 9.17) is 5.11 Å². The average Bonchev–Trinajstić information content (AvgIpc) is 2.36.